The molecule has 0 bridgehead atoms. The van der Waals surface area contributed by atoms with Crippen LogP contribution in [-0.4, -0.2) is 30.0 Å². The maximum absolute atomic E-state index is 13.6. The third-order valence-corrected chi connectivity index (χ3v) is 7.10. The van der Waals surface area contributed by atoms with Crippen molar-refractivity contribution in [3.05, 3.63) is 109 Å². The van der Waals surface area contributed by atoms with Gasteiger partial charge in [-0.1, -0.05) is 35.6 Å². The van der Waals surface area contributed by atoms with Gasteiger partial charge in [-0.25, -0.2) is 4.99 Å². The highest BCUT2D eigenvalue weighted by molar-refractivity contribution is 7.07. The van der Waals surface area contributed by atoms with Gasteiger partial charge in [0.25, 0.3) is 11.5 Å². The molecule has 3 heterocycles. The van der Waals surface area contributed by atoms with Crippen LogP contribution in [0.15, 0.2) is 92.4 Å². The number of para-hydroxylation sites is 1. The third-order valence-electron chi connectivity index (χ3n) is 6.12. The second-order valence-corrected chi connectivity index (χ2v) is 9.78. The van der Waals surface area contributed by atoms with Crippen molar-refractivity contribution in [1.82, 2.24) is 4.57 Å². The fraction of sp³-hybridized carbons (Fsp3) is 0.172. The molecular formula is C29H25N3O6S. The van der Waals surface area contributed by atoms with Crippen molar-refractivity contribution in [3.8, 4) is 11.5 Å². The Hall–Kier alpha value is -4.70. The monoisotopic (exact) mass is 543 g/mol. The highest BCUT2D eigenvalue weighted by atomic mass is 32.1. The van der Waals surface area contributed by atoms with E-state index in [1.165, 1.54) is 36.2 Å². The number of hydrogen-bond donors (Lipinski definition) is 1. The van der Waals surface area contributed by atoms with Gasteiger partial charge in [-0.2, -0.15) is 0 Å². The lowest BCUT2D eigenvalue weighted by Crippen LogP contribution is -2.39. The number of ether oxygens (including phenoxy) is 2. The summed E-state index contributed by atoms with van der Waals surface area (Å²) in [7, 11) is 1.50. The predicted octanol–water partition coefficient (Wildman–Crippen LogP) is 3.44. The van der Waals surface area contributed by atoms with Gasteiger partial charge in [-0.05, 0) is 61.9 Å². The summed E-state index contributed by atoms with van der Waals surface area (Å²) in [6.07, 6.45) is 3.24. The van der Waals surface area contributed by atoms with Crippen molar-refractivity contribution in [2.24, 2.45) is 4.99 Å². The Kier molecular flexibility index (Phi) is 7.29. The van der Waals surface area contributed by atoms with Crippen molar-refractivity contribution in [1.29, 1.82) is 0 Å². The van der Waals surface area contributed by atoms with Crippen molar-refractivity contribution >= 4 is 34.8 Å². The van der Waals surface area contributed by atoms with Crippen LogP contribution in [0.25, 0.3) is 6.08 Å². The van der Waals surface area contributed by atoms with E-state index in [4.69, 9.17) is 13.9 Å². The van der Waals surface area contributed by atoms with Crippen LogP contribution in [0, 0.1) is 0 Å². The number of fused-ring (bicyclic) bond motifs is 1. The molecule has 0 saturated heterocycles. The molecule has 2 aromatic carbocycles. The van der Waals surface area contributed by atoms with Crippen molar-refractivity contribution in [2.45, 2.75) is 19.9 Å². The molecule has 10 heteroatoms. The average Bonchev–Trinajstić information content (AvgIpc) is 3.56. The van der Waals surface area contributed by atoms with Crippen LogP contribution in [0.5, 0.6) is 11.5 Å². The molecule has 0 aliphatic carbocycles. The second kappa shape index (κ2) is 11.0. The molecule has 1 unspecified atom stereocenters. The van der Waals surface area contributed by atoms with Crippen LogP contribution in [-0.2, 0) is 9.59 Å². The Morgan fingerprint density at radius 2 is 1.92 bits per heavy atom. The second-order valence-electron chi connectivity index (χ2n) is 8.77. The van der Waals surface area contributed by atoms with Crippen LogP contribution >= 0.6 is 11.3 Å². The fourth-order valence-electron chi connectivity index (χ4n) is 4.39. The van der Waals surface area contributed by atoms with E-state index in [2.05, 4.69) is 10.3 Å². The zero-order chi connectivity index (χ0) is 27.5. The van der Waals surface area contributed by atoms with Gasteiger partial charge in [0.05, 0.1) is 17.9 Å². The molecule has 39 heavy (non-hydrogen) atoms. The summed E-state index contributed by atoms with van der Waals surface area (Å²) in [5.41, 5.74) is 2.05. The lowest BCUT2D eigenvalue weighted by Gasteiger charge is -2.22. The van der Waals surface area contributed by atoms with Crippen molar-refractivity contribution < 1.29 is 23.5 Å². The largest absolute Gasteiger partial charge is 0.493 e. The number of hydrogen-bond acceptors (Lipinski definition) is 8. The Morgan fingerprint density at radius 3 is 2.62 bits per heavy atom. The zero-order valence-corrected chi connectivity index (χ0v) is 22.3. The van der Waals surface area contributed by atoms with E-state index >= 15 is 0 Å². The van der Waals surface area contributed by atoms with Gasteiger partial charge >= 0.3 is 0 Å². The lowest BCUT2D eigenvalue weighted by atomic mass is 9.98. The number of furan rings is 1. The molecule has 2 aromatic heterocycles. The first-order chi connectivity index (χ1) is 18.9. The molecular weight excluding hydrogens is 518 g/mol. The molecule has 1 aliphatic heterocycles. The number of methoxy groups -OCH3 is 1. The van der Waals surface area contributed by atoms with Gasteiger partial charge < -0.3 is 19.2 Å². The van der Waals surface area contributed by atoms with Crippen LogP contribution in [0.2, 0.25) is 0 Å². The third kappa shape index (κ3) is 5.32. The maximum Gasteiger partial charge on any atom is 0.271 e. The molecule has 0 spiro atoms. The molecule has 4 aromatic rings. The minimum absolute atomic E-state index is 0.176. The number of amides is 1. The normalized spacial score (nSPS) is 14.9. The zero-order valence-electron chi connectivity index (χ0n) is 21.5. The maximum atomic E-state index is 13.6. The summed E-state index contributed by atoms with van der Waals surface area (Å²) in [5.74, 6) is 0.803. The summed E-state index contributed by atoms with van der Waals surface area (Å²) >= 11 is 1.22. The Bertz CT molecular complexity index is 1750. The number of benzene rings is 2. The Labute approximate surface area is 227 Å². The topological polar surface area (TPSA) is 112 Å². The van der Waals surface area contributed by atoms with E-state index in [1.807, 2.05) is 18.2 Å². The number of Topliss-reactive ketones (excluding diaryl/α,β-unsaturated/α-hetero) is 1. The molecule has 9 nitrogen and oxygen atoms in total. The molecule has 1 atom stereocenters. The number of rotatable bonds is 8. The number of allylic oxidation sites excluding steroid dienone is 2. The minimum Gasteiger partial charge on any atom is -0.493 e. The summed E-state index contributed by atoms with van der Waals surface area (Å²) < 4.78 is 18.7. The molecule has 198 valence electrons. The smallest absolute Gasteiger partial charge is 0.271 e. The minimum atomic E-state index is -0.691. The van der Waals surface area contributed by atoms with Gasteiger partial charge in [-0.3, -0.25) is 19.0 Å². The number of carbonyl (C=O) groups excluding carboxylic acids is 2. The van der Waals surface area contributed by atoms with E-state index in [0.717, 1.165) is 0 Å². The van der Waals surface area contributed by atoms with Crippen LogP contribution < -0.4 is 29.7 Å². The van der Waals surface area contributed by atoms with Crippen molar-refractivity contribution in [2.75, 3.05) is 19.0 Å². The van der Waals surface area contributed by atoms with Gasteiger partial charge in [0, 0.05) is 17.0 Å². The standard InChI is InChI=1S/C29H25N3O6S/c1-17-26(18(2)33)27(22-10-7-13-37-22)32-28(35)24(39-29(32)30-17)15-19-11-12-21(23(14-19)36-3)38-16-25(34)31-20-8-5-4-6-9-20/h4-15,27H,16H2,1-3H3,(H,31,34). The van der Waals surface area contributed by atoms with Crippen molar-refractivity contribution in [3.63, 3.8) is 0 Å². The quantitative estimate of drug-likeness (QED) is 0.364. The first-order valence-electron chi connectivity index (χ1n) is 12.1. The average molecular weight is 544 g/mol. The first-order valence-corrected chi connectivity index (χ1v) is 12.9. The predicted molar refractivity (Wildman–Crippen MR) is 147 cm³/mol. The number of nitrogens with zero attached hydrogens (tertiary/aromatic N) is 2. The van der Waals surface area contributed by atoms with Crippen LogP contribution in [0.4, 0.5) is 5.69 Å². The SMILES string of the molecule is COc1cc(C=c2sc3n(c2=O)C(c2ccco2)C(C(C)=O)=C(C)N=3)ccc1OCC(=O)Nc1ccccc1. The number of aromatic nitrogens is 1. The van der Waals surface area contributed by atoms with Gasteiger partial charge in [0.15, 0.2) is 28.7 Å². The highest BCUT2D eigenvalue weighted by Gasteiger charge is 2.32. The number of thiazole rings is 1. The van der Waals surface area contributed by atoms with E-state index in [1.54, 1.807) is 55.5 Å². The number of ketones is 1. The Morgan fingerprint density at radius 1 is 1.13 bits per heavy atom. The molecule has 5 rings (SSSR count). The van der Waals surface area contributed by atoms with Gasteiger partial charge in [-0.15, -0.1) is 0 Å². The number of nitrogens with one attached hydrogen (secondary N) is 1. The fourth-order valence-corrected chi connectivity index (χ4v) is 5.44. The molecule has 1 amide bonds. The summed E-state index contributed by atoms with van der Waals surface area (Å²) in [5, 5.41) is 2.76. The Balaban J connectivity index is 1.44. The number of carbonyl (C=O) groups is 2. The first kappa shape index (κ1) is 25.9. The summed E-state index contributed by atoms with van der Waals surface area (Å²) in [4.78, 5) is 43.3. The molecule has 1 aliphatic rings. The lowest BCUT2D eigenvalue weighted by molar-refractivity contribution is -0.118. The molecule has 0 saturated carbocycles. The summed E-state index contributed by atoms with van der Waals surface area (Å²) in [6.45, 7) is 3.02. The van der Waals surface area contributed by atoms with Gasteiger partial charge in [0.1, 0.15) is 11.8 Å². The van der Waals surface area contributed by atoms with Crippen LogP contribution in [0.3, 0.4) is 0 Å². The van der Waals surface area contributed by atoms with E-state index in [-0.39, 0.29) is 23.9 Å². The number of anilines is 1. The van der Waals surface area contributed by atoms with Gasteiger partial charge in [0.2, 0.25) is 0 Å². The van der Waals surface area contributed by atoms with E-state index < -0.39 is 6.04 Å². The van der Waals surface area contributed by atoms with E-state index in [0.29, 0.717) is 49.1 Å². The highest BCUT2D eigenvalue weighted by Crippen LogP contribution is 2.31. The molecule has 1 N–H and O–H groups in total. The van der Waals surface area contributed by atoms with Crippen LogP contribution in [0.1, 0.15) is 31.2 Å². The summed E-state index contributed by atoms with van der Waals surface area (Å²) in [6, 6.07) is 17.0. The molecule has 0 radical (unpaired) electrons. The van der Waals surface area contributed by atoms with E-state index in [9.17, 15) is 14.4 Å². The molecule has 0 fully saturated rings.